The Hall–Kier alpha value is -1.32. The lowest BCUT2D eigenvalue weighted by atomic mass is 10.2. The second-order valence-electron chi connectivity index (χ2n) is 4.92. The molecule has 4 heteroatoms. The molecule has 0 fully saturated rings. The van der Waals surface area contributed by atoms with Gasteiger partial charge in [-0.05, 0) is 20.3 Å². The maximum atomic E-state index is 4.70. The van der Waals surface area contributed by atoms with E-state index in [1.807, 2.05) is 13.1 Å². The van der Waals surface area contributed by atoms with Gasteiger partial charge in [0.25, 0.3) is 0 Å². The maximum Gasteiger partial charge on any atom is 0.135 e. The summed E-state index contributed by atoms with van der Waals surface area (Å²) in [6, 6.07) is 2.52. The van der Waals surface area contributed by atoms with Gasteiger partial charge >= 0.3 is 0 Å². The molecule has 4 nitrogen and oxygen atoms in total. The molecule has 0 saturated carbocycles. The average Bonchev–Trinajstić information content (AvgIpc) is 2.38. The molecule has 1 aromatic rings. The smallest absolute Gasteiger partial charge is 0.135 e. The quantitative estimate of drug-likeness (QED) is 0.841. The van der Waals surface area contributed by atoms with Crippen LogP contribution in [0.5, 0.6) is 0 Å². The van der Waals surface area contributed by atoms with Crippen LogP contribution < -0.4 is 10.2 Å². The molecule has 0 aromatic carbocycles. The Bertz CT molecular complexity index is 376. The van der Waals surface area contributed by atoms with Crippen molar-refractivity contribution in [2.75, 3.05) is 23.8 Å². The van der Waals surface area contributed by atoms with E-state index in [9.17, 15) is 0 Å². The number of rotatable bonds is 6. The number of nitrogens with zero attached hydrogens (tertiary/aromatic N) is 3. The second-order valence-corrected chi connectivity index (χ2v) is 4.92. The number of nitrogens with one attached hydrogen (secondary N) is 1. The number of aromatic nitrogens is 2. The topological polar surface area (TPSA) is 41.0 Å². The number of anilines is 2. The van der Waals surface area contributed by atoms with Crippen LogP contribution >= 0.6 is 0 Å². The van der Waals surface area contributed by atoms with Gasteiger partial charge in [-0.25, -0.2) is 9.97 Å². The van der Waals surface area contributed by atoms with Crippen molar-refractivity contribution in [3.63, 3.8) is 0 Å². The van der Waals surface area contributed by atoms with Crippen molar-refractivity contribution in [3.05, 3.63) is 11.9 Å². The van der Waals surface area contributed by atoms with Crippen LogP contribution in [0.3, 0.4) is 0 Å². The van der Waals surface area contributed by atoms with Crippen LogP contribution in [0.2, 0.25) is 0 Å². The van der Waals surface area contributed by atoms with E-state index in [4.69, 9.17) is 4.98 Å². The third-order valence-corrected chi connectivity index (χ3v) is 3.26. The summed E-state index contributed by atoms with van der Waals surface area (Å²) in [4.78, 5) is 11.5. The van der Waals surface area contributed by atoms with E-state index >= 15 is 0 Å². The monoisotopic (exact) mass is 250 g/mol. The van der Waals surface area contributed by atoms with Gasteiger partial charge in [0.05, 0.1) is 0 Å². The van der Waals surface area contributed by atoms with Crippen molar-refractivity contribution in [2.24, 2.45) is 0 Å². The van der Waals surface area contributed by atoms with Gasteiger partial charge in [0, 0.05) is 31.6 Å². The summed E-state index contributed by atoms with van der Waals surface area (Å²) in [7, 11) is 1.90. The lowest BCUT2D eigenvalue weighted by Gasteiger charge is -2.29. The summed E-state index contributed by atoms with van der Waals surface area (Å²) in [6.07, 6.45) is 1.11. The molecule has 0 bridgehead atoms. The average molecular weight is 250 g/mol. The Labute approximate surface area is 111 Å². The SMILES string of the molecule is CCC(C)N(CC)c1cc(NC)nc(C(C)C)n1. The van der Waals surface area contributed by atoms with Crippen molar-refractivity contribution >= 4 is 11.6 Å². The molecule has 102 valence electrons. The molecule has 0 saturated heterocycles. The maximum absolute atomic E-state index is 4.70. The van der Waals surface area contributed by atoms with Crippen LogP contribution in [0.25, 0.3) is 0 Å². The molecule has 1 N–H and O–H groups in total. The van der Waals surface area contributed by atoms with E-state index in [2.05, 4.69) is 49.8 Å². The standard InChI is InChI=1S/C14H26N4/c1-7-11(5)18(8-2)13-9-12(15-6)16-14(17-13)10(3)4/h9-11H,7-8H2,1-6H3,(H,15,16,17). The highest BCUT2D eigenvalue weighted by atomic mass is 15.2. The zero-order chi connectivity index (χ0) is 13.7. The van der Waals surface area contributed by atoms with Gasteiger partial charge in [-0.1, -0.05) is 20.8 Å². The van der Waals surface area contributed by atoms with Crippen molar-refractivity contribution in [1.29, 1.82) is 0 Å². The highest BCUT2D eigenvalue weighted by Gasteiger charge is 2.15. The van der Waals surface area contributed by atoms with Crippen LogP contribution in [0.4, 0.5) is 11.6 Å². The van der Waals surface area contributed by atoms with Gasteiger partial charge in [-0.2, -0.15) is 0 Å². The summed E-state index contributed by atoms with van der Waals surface area (Å²) in [5, 5.41) is 3.12. The Morgan fingerprint density at radius 2 is 1.89 bits per heavy atom. The first kappa shape index (κ1) is 14.7. The molecular weight excluding hydrogens is 224 g/mol. The second kappa shape index (κ2) is 6.57. The van der Waals surface area contributed by atoms with Gasteiger partial charge in [0.2, 0.25) is 0 Å². The van der Waals surface area contributed by atoms with Crippen molar-refractivity contribution in [3.8, 4) is 0 Å². The summed E-state index contributed by atoms with van der Waals surface area (Å²) in [5.41, 5.74) is 0. The molecule has 0 aliphatic heterocycles. The molecule has 18 heavy (non-hydrogen) atoms. The zero-order valence-corrected chi connectivity index (χ0v) is 12.5. The van der Waals surface area contributed by atoms with E-state index in [1.54, 1.807) is 0 Å². The third kappa shape index (κ3) is 3.34. The minimum atomic E-state index is 0.340. The molecule has 0 radical (unpaired) electrons. The van der Waals surface area contributed by atoms with E-state index in [0.29, 0.717) is 12.0 Å². The van der Waals surface area contributed by atoms with Crippen molar-refractivity contribution in [1.82, 2.24) is 9.97 Å². The summed E-state index contributed by atoms with van der Waals surface area (Å²) < 4.78 is 0. The molecule has 1 unspecified atom stereocenters. The fourth-order valence-corrected chi connectivity index (χ4v) is 1.91. The molecule has 1 aromatic heterocycles. The molecular formula is C14H26N4. The minimum Gasteiger partial charge on any atom is -0.373 e. The third-order valence-electron chi connectivity index (χ3n) is 3.26. The minimum absolute atomic E-state index is 0.340. The Morgan fingerprint density at radius 1 is 1.22 bits per heavy atom. The van der Waals surface area contributed by atoms with Crippen LogP contribution in [0.1, 0.15) is 52.8 Å². The van der Waals surface area contributed by atoms with Crippen LogP contribution in [-0.2, 0) is 0 Å². The number of hydrogen-bond donors (Lipinski definition) is 1. The lowest BCUT2D eigenvalue weighted by molar-refractivity contribution is 0.618. The lowest BCUT2D eigenvalue weighted by Crippen LogP contribution is -2.33. The predicted octanol–water partition coefficient (Wildman–Crippen LogP) is 3.27. The Kier molecular flexibility index (Phi) is 5.38. The van der Waals surface area contributed by atoms with E-state index in [-0.39, 0.29) is 0 Å². The fraction of sp³-hybridized carbons (Fsp3) is 0.714. The largest absolute Gasteiger partial charge is 0.373 e. The molecule has 0 aliphatic rings. The van der Waals surface area contributed by atoms with Crippen LogP contribution in [-0.4, -0.2) is 29.6 Å². The predicted molar refractivity (Wildman–Crippen MR) is 78.4 cm³/mol. The molecule has 1 rings (SSSR count). The molecule has 1 heterocycles. The highest BCUT2D eigenvalue weighted by Crippen LogP contribution is 2.22. The van der Waals surface area contributed by atoms with Gasteiger partial charge in [-0.3, -0.25) is 0 Å². The van der Waals surface area contributed by atoms with Gasteiger partial charge in [-0.15, -0.1) is 0 Å². The zero-order valence-electron chi connectivity index (χ0n) is 12.5. The Morgan fingerprint density at radius 3 is 2.33 bits per heavy atom. The van der Waals surface area contributed by atoms with Gasteiger partial charge < -0.3 is 10.2 Å². The fourth-order valence-electron chi connectivity index (χ4n) is 1.91. The summed E-state index contributed by atoms with van der Waals surface area (Å²) >= 11 is 0. The van der Waals surface area contributed by atoms with Crippen molar-refractivity contribution < 1.29 is 0 Å². The molecule has 1 atom stereocenters. The van der Waals surface area contributed by atoms with Crippen LogP contribution in [0, 0.1) is 0 Å². The highest BCUT2D eigenvalue weighted by molar-refractivity contribution is 5.50. The van der Waals surface area contributed by atoms with Gasteiger partial charge in [0.1, 0.15) is 17.5 Å². The molecule has 0 aliphatic carbocycles. The first-order valence-electron chi connectivity index (χ1n) is 6.86. The summed E-state index contributed by atoms with van der Waals surface area (Å²) in [6.45, 7) is 11.8. The van der Waals surface area contributed by atoms with E-state index in [0.717, 1.165) is 30.4 Å². The first-order chi connectivity index (χ1) is 8.53. The first-order valence-corrected chi connectivity index (χ1v) is 6.86. The molecule has 0 amide bonds. The van der Waals surface area contributed by atoms with Gasteiger partial charge in [0.15, 0.2) is 0 Å². The van der Waals surface area contributed by atoms with Crippen molar-refractivity contribution in [2.45, 2.75) is 53.0 Å². The van der Waals surface area contributed by atoms with E-state index in [1.165, 1.54) is 0 Å². The normalized spacial score (nSPS) is 12.6. The number of hydrogen-bond acceptors (Lipinski definition) is 4. The summed E-state index contributed by atoms with van der Waals surface area (Å²) in [5.74, 6) is 3.16. The van der Waals surface area contributed by atoms with E-state index < -0.39 is 0 Å². The van der Waals surface area contributed by atoms with Crippen LogP contribution in [0.15, 0.2) is 6.07 Å². The Balaban J connectivity index is 3.16. The molecule has 0 spiro atoms.